The van der Waals surface area contributed by atoms with Crippen molar-refractivity contribution in [2.45, 2.75) is 45.7 Å². The molecule has 2 heterocycles. The predicted octanol–water partition coefficient (Wildman–Crippen LogP) is 3.10. The van der Waals surface area contributed by atoms with Gasteiger partial charge in [-0.25, -0.2) is 14.4 Å². The zero-order valence-corrected chi connectivity index (χ0v) is 16.1. The number of nitrogens with one attached hydrogen (secondary N) is 2. The van der Waals surface area contributed by atoms with E-state index in [0.29, 0.717) is 17.1 Å². The highest BCUT2D eigenvalue weighted by Gasteiger charge is 2.22. The number of hydrogen-bond acceptors (Lipinski definition) is 4. The maximum Gasteiger partial charge on any atom is 0.253 e. The van der Waals surface area contributed by atoms with Crippen molar-refractivity contribution in [3.63, 3.8) is 0 Å². The molecule has 3 rings (SSSR count). The van der Waals surface area contributed by atoms with Gasteiger partial charge in [0.2, 0.25) is 0 Å². The molecule has 1 amide bonds. The van der Waals surface area contributed by atoms with Crippen LogP contribution in [0.5, 0.6) is 0 Å². The van der Waals surface area contributed by atoms with Crippen LogP contribution >= 0.6 is 24.8 Å². The zero-order chi connectivity index (χ0) is 16.6. The standard InChI is InChI=1S/C17H21FN4O.2ClH/c1-9-6-13(4-5-19-9)22-17(23)14-7-12(18)8-15-16(14)21-11(3)10(2)20-15;;/h7-9,13,19H,4-6H2,1-3H3,(H,22,23);2*1H. The molecule has 0 radical (unpaired) electrons. The fourth-order valence-electron chi connectivity index (χ4n) is 3.00. The largest absolute Gasteiger partial charge is 0.349 e. The topological polar surface area (TPSA) is 66.9 Å². The van der Waals surface area contributed by atoms with Crippen LogP contribution in [0.2, 0.25) is 0 Å². The number of carbonyl (C=O) groups is 1. The van der Waals surface area contributed by atoms with Crippen molar-refractivity contribution in [3.05, 3.63) is 34.9 Å². The van der Waals surface area contributed by atoms with Gasteiger partial charge in [0.1, 0.15) is 11.3 Å². The first kappa shape index (κ1) is 21.5. The molecule has 0 spiro atoms. The molecule has 2 atom stereocenters. The summed E-state index contributed by atoms with van der Waals surface area (Å²) >= 11 is 0. The van der Waals surface area contributed by atoms with E-state index < -0.39 is 5.82 Å². The number of amides is 1. The number of benzene rings is 1. The minimum absolute atomic E-state index is 0. The molecule has 1 saturated heterocycles. The molecule has 1 aromatic carbocycles. The number of halogens is 3. The van der Waals surface area contributed by atoms with E-state index in [9.17, 15) is 9.18 Å². The molecule has 1 aliphatic rings. The maximum absolute atomic E-state index is 13.9. The van der Waals surface area contributed by atoms with E-state index in [4.69, 9.17) is 0 Å². The van der Waals surface area contributed by atoms with Crippen LogP contribution in [0.4, 0.5) is 4.39 Å². The van der Waals surface area contributed by atoms with Gasteiger partial charge in [-0.3, -0.25) is 4.79 Å². The van der Waals surface area contributed by atoms with Gasteiger partial charge in [0, 0.05) is 18.2 Å². The van der Waals surface area contributed by atoms with E-state index in [1.54, 1.807) is 0 Å². The Morgan fingerprint density at radius 3 is 2.60 bits per heavy atom. The summed E-state index contributed by atoms with van der Waals surface area (Å²) in [6, 6.07) is 3.02. The van der Waals surface area contributed by atoms with E-state index in [1.807, 2.05) is 13.8 Å². The predicted molar refractivity (Wildman–Crippen MR) is 101 cm³/mol. The number of piperidine rings is 1. The van der Waals surface area contributed by atoms with Crippen LogP contribution in [0, 0.1) is 19.7 Å². The Morgan fingerprint density at radius 2 is 1.92 bits per heavy atom. The number of rotatable bonds is 2. The van der Waals surface area contributed by atoms with E-state index in [1.165, 1.54) is 12.1 Å². The van der Waals surface area contributed by atoms with Crippen molar-refractivity contribution >= 4 is 41.8 Å². The summed E-state index contributed by atoms with van der Waals surface area (Å²) in [6.07, 6.45) is 1.73. The lowest BCUT2D eigenvalue weighted by atomic mass is 10.00. The first-order valence-corrected chi connectivity index (χ1v) is 7.93. The smallest absolute Gasteiger partial charge is 0.253 e. The normalized spacial score (nSPS) is 19.7. The monoisotopic (exact) mass is 388 g/mol. The maximum atomic E-state index is 13.9. The van der Waals surface area contributed by atoms with Gasteiger partial charge in [0.25, 0.3) is 5.91 Å². The SMILES string of the molecule is Cc1nc2cc(F)cc(C(=O)NC3CCNC(C)C3)c2nc1C.Cl.Cl. The molecule has 25 heavy (non-hydrogen) atoms. The summed E-state index contributed by atoms with van der Waals surface area (Å²) < 4.78 is 13.9. The summed E-state index contributed by atoms with van der Waals surface area (Å²) in [5.74, 6) is -0.759. The Morgan fingerprint density at radius 1 is 1.24 bits per heavy atom. The number of aromatic nitrogens is 2. The molecule has 0 bridgehead atoms. The number of hydrogen-bond donors (Lipinski definition) is 2. The Labute approximate surface area is 159 Å². The average Bonchev–Trinajstić information content (AvgIpc) is 2.48. The number of nitrogens with zero attached hydrogens (tertiary/aromatic N) is 2. The van der Waals surface area contributed by atoms with Gasteiger partial charge in [-0.05, 0) is 46.2 Å². The molecular weight excluding hydrogens is 366 g/mol. The van der Waals surface area contributed by atoms with Gasteiger partial charge in [-0.15, -0.1) is 24.8 Å². The first-order valence-electron chi connectivity index (χ1n) is 7.93. The van der Waals surface area contributed by atoms with Gasteiger partial charge in [-0.1, -0.05) is 0 Å². The summed E-state index contributed by atoms with van der Waals surface area (Å²) in [5.41, 5.74) is 2.60. The average molecular weight is 389 g/mol. The van der Waals surface area contributed by atoms with Gasteiger partial charge in [-0.2, -0.15) is 0 Å². The summed E-state index contributed by atoms with van der Waals surface area (Å²) in [6.45, 7) is 6.62. The third-order valence-corrected chi connectivity index (χ3v) is 4.35. The summed E-state index contributed by atoms with van der Waals surface area (Å²) in [5, 5.41) is 6.35. The van der Waals surface area contributed by atoms with Gasteiger partial charge in [0.15, 0.2) is 0 Å². The third-order valence-electron chi connectivity index (χ3n) is 4.35. The summed E-state index contributed by atoms with van der Waals surface area (Å²) in [7, 11) is 0. The molecule has 2 N–H and O–H groups in total. The van der Waals surface area contributed by atoms with Crippen LogP contribution in [0.15, 0.2) is 12.1 Å². The van der Waals surface area contributed by atoms with Crippen LogP contribution in [-0.4, -0.2) is 34.5 Å². The highest BCUT2D eigenvalue weighted by atomic mass is 35.5. The molecule has 1 aromatic heterocycles. The van der Waals surface area contributed by atoms with Gasteiger partial charge >= 0.3 is 0 Å². The van der Waals surface area contributed by atoms with Crippen LogP contribution < -0.4 is 10.6 Å². The summed E-state index contributed by atoms with van der Waals surface area (Å²) in [4.78, 5) is 21.4. The van der Waals surface area contributed by atoms with Crippen LogP contribution in [0.25, 0.3) is 11.0 Å². The lowest BCUT2D eigenvalue weighted by Gasteiger charge is -2.28. The van der Waals surface area contributed by atoms with E-state index in [-0.39, 0.29) is 42.3 Å². The Balaban J connectivity index is 0.00000156. The quantitative estimate of drug-likeness (QED) is 0.829. The Kier molecular flexibility index (Phi) is 7.53. The Bertz CT molecular complexity index is 772. The molecule has 1 fully saturated rings. The van der Waals surface area contributed by atoms with Crippen molar-refractivity contribution in [3.8, 4) is 0 Å². The third kappa shape index (κ3) is 4.77. The minimum Gasteiger partial charge on any atom is -0.349 e. The van der Waals surface area contributed by atoms with Crippen molar-refractivity contribution in [2.24, 2.45) is 0 Å². The molecule has 8 heteroatoms. The zero-order valence-electron chi connectivity index (χ0n) is 14.4. The second-order valence-corrected chi connectivity index (χ2v) is 6.27. The number of aryl methyl sites for hydroxylation is 2. The van der Waals surface area contributed by atoms with E-state index >= 15 is 0 Å². The van der Waals surface area contributed by atoms with Crippen molar-refractivity contribution in [2.75, 3.05) is 6.54 Å². The molecule has 0 aliphatic carbocycles. The lowest BCUT2D eigenvalue weighted by Crippen LogP contribution is -2.46. The van der Waals surface area contributed by atoms with Crippen molar-refractivity contribution in [1.82, 2.24) is 20.6 Å². The molecule has 138 valence electrons. The molecule has 1 aliphatic heterocycles. The highest BCUT2D eigenvalue weighted by molar-refractivity contribution is 6.04. The molecule has 5 nitrogen and oxygen atoms in total. The number of fused-ring (bicyclic) bond motifs is 1. The van der Waals surface area contributed by atoms with Crippen LogP contribution in [0.1, 0.15) is 41.5 Å². The lowest BCUT2D eigenvalue weighted by molar-refractivity contribution is 0.0926. The van der Waals surface area contributed by atoms with Gasteiger partial charge in [0.05, 0.1) is 22.5 Å². The minimum atomic E-state index is -0.473. The fraction of sp³-hybridized carbons (Fsp3) is 0.471. The van der Waals surface area contributed by atoms with Crippen LogP contribution in [0.3, 0.4) is 0 Å². The van der Waals surface area contributed by atoms with Gasteiger partial charge < -0.3 is 10.6 Å². The Hall–Kier alpha value is -1.50. The molecular formula is C17H23Cl2FN4O. The molecule has 2 aromatic rings. The van der Waals surface area contributed by atoms with E-state index in [0.717, 1.165) is 30.8 Å². The van der Waals surface area contributed by atoms with Crippen molar-refractivity contribution in [1.29, 1.82) is 0 Å². The van der Waals surface area contributed by atoms with E-state index in [2.05, 4.69) is 27.5 Å². The van der Waals surface area contributed by atoms with Crippen molar-refractivity contribution < 1.29 is 9.18 Å². The second kappa shape index (κ2) is 8.74. The number of carbonyl (C=O) groups excluding carboxylic acids is 1. The highest BCUT2D eigenvalue weighted by Crippen LogP contribution is 2.20. The first-order chi connectivity index (χ1) is 10.9. The second-order valence-electron chi connectivity index (χ2n) is 6.27. The molecule has 0 saturated carbocycles. The van der Waals surface area contributed by atoms with Crippen LogP contribution in [-0.2, 0) is 0 Å². The fourth-order valence-corrected chi connectivity index (χ4v) is 3.00. The molecule has 2 unspecified atom stereocenters.